The van der Waals surface area contributed by atoms with Crippen molar-refractivity contribution in [1.82, 2.24) is 20.8 Å². The molecule has 0 radical (unpaired) electrons. The van der Waals surface area contributed by atoms with E-state index in [4.69, 9.17) is 9.26 Å². The Bertz CT molecular complexity index is 1280. The van der Waals surface area contributed by atoms with Gasteiger partial charge in [0, 0.05) is 37.6 Å². The molecule has 1 aromatic heterocycles. The fourth-order valence-corrected chi connectivity index (χ4v) is 3.63. The Hall–Kier alpha value is -4.68. The van der Waals surface area contributed by atoms with E-state index < -0.39 is 16.7 Å². The average Bonchev–Trinajstić information content (AvgIpc) is 3.37. The van der Waals surface area contributed by atoms with Crippen LogP contribution in [-0.4, -0.2) is 47.1 Å². The summed E-state index contributed by atoms with van der Waals surface area (Å²) in [7, 11) is 1.59. The van der Waals surface area contributed by atoms with Crippen LogP contribution in [0.2, 0.25) is 0 Å². The van der Waals surface area contributed by atoms with E-state index in [1.165, 1.54) is 12.2 Å². The Labute approximate surface area is 205 Å². The van der Waals surface area contributed by atoms with Gasteiger partial charge in [-0.05, 0) is 30.7 Å². The largest absolute Gasteiger partial charge is 0.497 e. The molecule has 1 aromatic carbocycles. The zero-order valence-corrected chi connectivity index (χ0v) is 19.3. The number of hydrogen-bond acceptors (Lipinski definition) is 10. The highest BCUT2D eigenvalue weighted by molar-refractivity contribution is 5.86. The summed E-state index contributed by atoms with van der Waals surface area (Å²) in [5.74, 6) is 0.130. The van der Waals surface area contributed by atoms with Gasteiger partial charge in [-0.25, -0.2) is 0 Å². The second-order valence-electron chi connectivity index (χ2n) is 7.84. The quantitative estimate of drug-likeness (QED) is 0.270. The van der Waals surface area contributed by atoms with E-state index in [1.807, 2.05) is 12.1 Å². The highest BCUT2D eigenvalue weighted by atomic mass is 16.6. The fourth-order valence-electron chi connectivity index (χ4n) is 3.63. The highest BCUT2D eigenvalue weighted by Gasteiger charge is 2.37. The van der Waals surface area contributed by atoms with Gasteiger partial charge >= 0.3 is 0 Å². The number of benzene rings is 1. The Balaban J connectivity index is 1.21. The van der Waals surface area contributed by atoms with Crippen LogP contribution in [0.4, 0.5) is 0 Å². The van der Waals surface area contributed by atoms with Crippen molar-refractivity contribution in [2.24, 2.45) is 16.1 Å². The van der Waals surface area contributed by atoms with Crippen LogP contribution in [0.25, 0.3) is 11.4 Å². The van der Waals surface area contributed by atoms with Crippen molar-refractivity contribution in [3.8, 4) is 17.1 Å². The van der Waals surface area contributed by atoms with Crippen molar-refractivity contribution in [1.29, 1.82) is 0 Å². The average molecular weight is 493 g/mol. The molecule has 1 aliphatic carbocycles. The minimum atomic E-state index is -0.829. The first-order valence-corrected chi connectivity index (χ1v) is 11.2. The first-order chi connectivity index (χ1) is 17.5. The van der Waals surface area contributed by atoms with Crippen molar-refractivity contribution in [3.63, 3.8) is 0 Å². The van der Waals surface area contributed by atoms with Crippen LogP contribution in [0.5, 0.6) is 5.75 Å². The van der Waals surface area contributed by atoms with E-state index in [2.05, 4.69) is 31.0 Å². The molecular weight excluding hydrogens is 470 g/mol. The van der Waals surface area contributed by atoms with E-state index >= 15 is 0 Å². The molecule has 4 rings (SSSR count). The fraction of sp³-hybridized carbons (Fsp3) is 0.304. The van der Waals surface area contributed by atoms with Gasteiger partial charge in [0.2, 0.25) is 17.6 Å². The lowest BCUT2D eigenvalue weighted by molar-refractivity contribution is -0.421. The zero-order valence-electron chi connectivity index (χ0n) is 19.3. The van der Waals surface area contributed by atoms with Crippen molar-refractivity contribution >= 4 is 11.8 Å². The van der Waals surface area contributed by atoms with Crippen LogP contribution in [0.1, 0.15) is 18.7 Å². The Morgan fingerprint density at radius 2 is 2.03 bits per heavy atom. The molecule has 0 saturated carbocycles. The van der Waals surface area contributed by atoms with E-state index in [0.29, 0.717) is 37.6 Å². The Morgan fingerprint density at radius 3 is 2.78 bits per heavy atom. The molecule has 36 heavy (non-hydrogen) atoms. The summed E-state index contributed by atoms with van der Waals surface area (Å²) in [6.07, 6.45) is 5.33. The SMILES string of the molecule is COc1ccc(-c2noc(CCC(=O)NCCCNC3=C4C([N+](=O)[O-])=CC=CC4C(=O)N=N3)n2)cc1. The number of nitro groups is 1. The normalized spacial score (nSPS) is 16.4. The minimum absolute atomic E-state index is 0.175. The number of fused-ring (bicyclic) bond motifs is 1. The van der Waals surface area contributed by atoms with Gasteiger partial charge in [0.25, 0.3) is 11.6 Å². The number of methoxy groups -OCH3 is 1. The van der Waals surface area contributed by atoms with Gasteiger partial charge in [0.1, 0.15) is 5.75 Å². The van der Waals surface area contributed by atoms with Gasteiger partial charge in [-0.2, -0.15) is 4.98 Å². The lowest BCUT2D eigenvalue weighted by Gasteiger charge is -2.20. The molecule has 13 heteroatoms. The highest BCUT2D eigenvalue weighted by Crippen LogP contribution is 2.32. The number of rotatable bonds is 11. The van der Waals surface area contributed by atoms with E-state index in [-0.39, 0.29) is 29.4 Å². The molecule has 2 N–H and O–H groups in total. The summed E-state index contributed by atoms with van der Waals surface area (Å²) in [6, 6.07) is 7.22. The number of nitrogens with one attached hydrogen (secondary N) is 2. The molecule has 13 nitrogen and oxygen atoms in total. The van der Waals surface area contributed by atoms with Crippen LogP contribution in [-0.2, 0) is 16.0 Å². The van der Waals surface area contributed by atoms with Gasteiger partial charge in [-0.3, -0.25) is 19.7 Å². The maximum absolute atomic E-state index is 12.2. The van der Waals surface area contributed by atoms with E-state index in [1.54, 1.807) is 25.3 Å². The number of ether oxygens (including phenoxy) is 1. The molecule has 0 fully saturated rings. The summed E-state index contributed by atoms with van der Waals surface area (Å²) in [6.45, 7) is 0.731. The number of carbonyl (C=O) groups is 2. The van der Waals surface area contributed by atoms with Gasteiger partial charge in [-0.15, -0.1) is 10.2 Å². The first-order valence-electron chi connectivity index (χ1n) is 11.2. The second kappa shape index (κ2) is 11.2. The predicted octanol–water partition coefficient (Wildman–Crippen LogP) is 2.32. The monoisotopic (exact) mass is 493 g/mol. The van der Waals surface area contributed by atoms with Crippen LogP contribution in [0.3, 0.4) is 0 Å². The van der Waals surface area contributed by atoms with Gasteiger partial charge in [0.05, 0.1) is 23.5 Å². The zero-order chi connectivity index (χ0) is 25.5. The predicted molar refractivity (Wildman–Crippen MR) is 125 cm³/mol. The lowest BCUT2D eigenvalue weighted by Crippen LogP contribution is -2.30. The summed E-state index contributed by atoms with van der Waals surface area (Å²) in [5, 5.41) is 28.5. The summed E-state index contributed by atoms with van der Waals surface area (Å²) in [5.41, 5.74) is 0.777. The number of carbonyl (C=O) groups excluding carboxylic acids is 2. The number of amides is 2. The molecule has 1 unspecified atom stereocenters. The first kappa shape index (κ1) is 24.4. The molecule has 2 aliphatic rings. The second-order valence-corrected chi connectivity index (χ2v) is 7.84. The molecule has 0 saturated heterocycles. The molecule has 1 atom stereocenters. The molecule has 186 valence electrons. The van der Waals surface area contributed by atoms with Crippen molar-refractivity contribution < 1.29 is 23.8 Å². The van der Waals surface area contributed by atoms with E-state index in [0.717, 1.165) is 11.3 Å². The minimum Gasteiger partial charge on any atom is -0.497 e. The molecule has 2 aromatic rings. The van der Waals surface area contributed by atoms with Crippen molar-refractivity contribution in [2.75, 3.05) is 20.2 Å². The van der Waals surface area contributed by atoms with Crippen LogP contribution < -0.4 is 15.4 Å². The topological polar surface area (TPSA) is 174 Å². The number of aryl methyl sites for hydroxylation is 1. The van der Waals surface area contributed by atoms with Crippen LogP contribution in [0, 0.1) is 16.0 Å². The third kappa shape index (κ3) is 5.68. The Morgan fingerprint density at radius 1 is 1.22 bits per heavy atom. The standard InChI is InChI=1S/C23H23N7O6/c1-35-15-8-6-14(7-9-15)21-26-19(36-29-21)11-10-18(31)24-12-3-13-25-22-20-16(23(32)28-27-22)4-2-5-17(20)30(33)34/h2,4-9,16,25H,3,10-13H2,1H3,(H,24,31). The van der Waals surface area contributed by atoms with Gasteiger partial charge in [0.15, 0.2) is 5.82 Å². The van der Waals surface area contributed by atoms with Crippen LogP contribution in [0.15, 0.2) is 74.3 Å². The number of allylic oxidation sites excluding steroid dienone is 3. The third-order valence-electron chi connectivity index (χ3n) is 5.46. The third-order valence-corrected chi connectivity index (χ3v) is 5.46. The van der Waals surface area contributed by atoms with Crippen molar-refractivity contribution in [3.05, 3.63) is 75.6 Å². The number of aromatic nitrogens is 2. The molecule has 2 heterocycles. The molecule has 0 bridgehead atoms. The maximum atomic E-state index is 12.2. The van der Waals surface area contributed by atoms with Crippen LogP contribution >= 0.6 is 0 Å². The molecule has 2 amide bonds. The van der Waals surface area contributed by atoms with Crippen molar-refractivity contribution in [2.45, 2.75) is 19.3 Å². The summed E-state index contributed by atoms with van der Waals surface area (Å²) in [4.78, 5) is 39.3. The summed E-state index contributed by atoms with van der Waals surface area (Å²) < 4.78 is 10.4. The number of azo groups is 1. The Kier molecular flexibility index (Phi) is 7.58. The maximum Gasteiger partial charge on any atom is 0.277 e. The van der Waals surface area contributed by atoms with Gasteiger partial charge < -0.3 is 19.9 Å². The molecule has 0 spiro atoms. The smallest absolute Gasteiger partial charge is 0.277 e. The molecule has 1 aliphatic heterocycles. The number of nitrogens with zero attached hydrogens (tertiary/aromatic N) is 5. The number of hydrogen-bond donors (Lipinski definition) is 2. The summed E-state index contributed by atoms with van der Waals surface area (Å²) >= 11 is 0. The molecular formula is C23H23N7O6. The van der Waals surface area contributed by atoms with E-state index in [9.17, 15) is 19.7 Å². The lowest BCUT2D eigenvalue weighted by atomic mass is 9.90. The van der Waals surface area contributed by atoms with Gasteiger partial charge in [-0.1, -0.05) is 17.3 Å².